The zero-order valence-electron chi connectivity index (χ0n) is 8.49. The van der Waals surface area contributed by atoms with Gasteiger partial charge < -0.3 is 4.74 Å². The highest BCUT2D eigenvalue weighted by molar-refractivity contribution is 6.33. The molecule has 0 saturated carbocycles. The molecule has 0 radical (unpaired) electrons. The summed E-state index contributed by atoms with van der Waals surface area (Å²) in [7, 11) is 1.31. The van der Waals surface area contributed by atoms with Crippen molar-refractivity contribution in [1.82, 2.24) is 0 Å². The van der Waals surface area contributed by atoms with E-state index in [1.165, 1.54) is 7.11 Å². The Hall–Kier alpha value is -1.35. The summed E-state index contributed by atoms with van der Waals surface area (Å²) in [5, 5.41) is -0.561. The predicted molar refractivity (Wildman–Crippen MR) is 57.4 cm³/mol. The van der Waals surface area contributed by atoms with Gasteiger partial charge in [0.15, 0.2) is 5.78 Å². The van der Waals surface area contributed by atoms with E-state index >= 15 is 0 Å². The Morgan fingerprint density at radius 1 is 1.20 bits per heavy atom. The normalized spacial score (nSPS) is 11.9. The van der Waals surface area contributed by atoms with Crippen molar-refractivity contribution in [2.45, 2.75) is 12.3 Å². The first-order valence-electron chi connectivity index (χ1n) is 4.43. The molecule has 0 amide bonds. The minimum Gasteiger partial charge on any atom is -0.465 e. The molecule has 4 heteroatoms. The Labute approximate surface area is 93.0 Å². The van der Waals surface area contributed by atoms with Crippen LogP contribution in [-0.4, -0.2) is 24.2 Å². The molecule has 1 rings (SSSR count). The lowest BCUT2D eigenvalue weighted by molar-refractivity contribution is 0.0600. The molecule has 0 N–H and O–H groups in total. The van der Waals surface area contributed by atoms with Crippen molar-refractivity contribution in [3.8, 4) is 0 Å². The molecule has 1 aromatic rings. The fraction of sp³-hybridized carbons (Fsp3) is 0.273. The van der Waals surface area contributed by atoms with E-state index in [0.717, 1.165) is 0 Å². The van der Waals surface area contributed by atoms with Crippen molar-refractivity contribution in [2.24, 2.45) is 0 Å². The smallest absolute Gasteiger partial charge is 0.337 e. The number of benzene rings is 1. The van der Waals surface area contributed by atoms with Crippen LogP contribution >= 0.6 is 11.6 Å². The lowest BCUT2D eigenvalue weighted by Gasteiger charge is -2.03. The van der Waals surface area contributed by atoms with E-state index < -0.39 is 11.3 Å². The number of methoxy groups -OCH3 is 1. The molecule has 0 aliphatic heterocycles. The average molecular weight is 227 g/mol. The second-order valence-electron chi connectivity index (χ2n) is 3.05. The van der Waals surface area contributed by atoms with Crippen LogP contribution in [0.15, 0.2) is 24.3 Å². The van der Waals surface area contributed by atoms with Crippen molar-refractivity contribution in [1.29, 1.82) is 0 Å². The summed E-state index contributed by atoms with van der Waals surface area (Å²) in [4.78, 5) is 22.5. The Balaban J connectivity index is 2.90. The molecular weight excluding hydrogens is 216 g/mol. The molecule has 0 aromatic heterocycles. The maximum absolute atomic E-state index is 11.4. The van der Waals surface area contributed by atoms with Crippen LogP contribution in [0.2, 0.25) is 0 Å². The first-order chi connectivity index (χ1) is 7.06. The fourth-order valence-corrected chi connectivity index (χ4v) is 1.24. The van der Waals surface area contributed by atoms with E-state index in [9.17, 15) is 9.59 Å². The number of ether oxygens (including phenoxy) is 1. The Kier molecular flexibility index (Phi) is 3.86. The third-order valence-corrected chi connectivity index (χ3v) is 2.15. The summed E-state index contributed by atoms with van der Waals surface area (Å²) in [5.41, 5.74) is 0.904. The van der Waals surface area contributed by atoms with Gasteiger partial charge in [-0.25, -0.2) is 4.79 Å². The SMILES string of the molecule is COC(=O)c1ccc(C(=O)C(C)Cl)cc1. The summed E-state index contributed by atoms with van der Waals surface area (Å²) in [6, 6.07) is 6.21. The van der Waals surface area contributed by atoms with Gasteiger partial charge in [0.2, 0.25) is 0 Å². The molecule has 0 spiro atoms. The molecule has 0 heterocycles. The third-order valence-electron chi connectivity index (χ3n) is 1.95. The number of rotatable bonds is 3. The number of carbonyl (C=O) groups excluding carboxylic acids is 2. The molecule has 15 heavy (non-hydrogen) atoms. The van der Waals surface area contributed by atoms with Crippen molar-refractivity contribution in [3.05, 3.63) is 35.4 Å². The highest BCUT2D eigenvalue weighted by Crippen LogP contribution is 2.10. The zero-order chi connectivity index (χ0) is 11.4. The monoisotopic (exact) mass is 226 g/mol. The molecular formula is C11H11ClO3. The first-order valence-corrected chi connectivity index (χ1v) is 4.86. The quantitative estimate of drug-likeness (QED) is 0.451. The maximum Gasteiger partial charge on any atom is 0.337 e. The van der Waals surface area contributed by atoms with Crippen LogP contribution in [0.5, 0.6) is 0 Å². The first kappa shape index (κ1) is 11.7. The lowest BCUT2D eigenvalue weighted by Crippen LogP contribution is -2.10. The molecule has 0 aliphatic rings. The molecule has 0 bridgehead atoms. The lowest BCUT2D eigenvalue weighted by atomic mass is 10.1. The van der Waals surface area contributed by atoms with E-state index in [-0.39, 0.29) is 5.78 Å². The number of carbonyl (C=O) groups is 2. The minimum atomic E-state index is -0.561. The maximum atomic E-state index is 11.4. The van der Waals surface area contributed by atoms with Crippen LogP contribution in [0.4, 0.5) is 0 Å². The van der Waals surface area contributed by atoms with Gasteiger partial charge in [-0.1, -0.05) is 12.1 Å². The van der Waals surface area contributed by atoms with E-state index in [1.807, 2.05) is 0 Å². The van der Waals surface area contributed by atoms with Crippen molar-refractivity contribution in [2.75, 3.05) is 7.11 Å². The predicted octanol–water partition coefficient (Wildman–Crippen LogP) is 2.28. The van der Waals surface area contributed by atoms with Crippen LogP contribution < -0.4 is 0 Å². The average Bonchev–Trinajstić information content (AvgIpc) is 2.27. The summed E-state index contributed by atoms with van der Waals surface area (Å²) in [6.07, 6.45) is 0. The second kappa shape index (κ2) is 4.94. The third kappa shape index (κ3) is 2.80. The van der Waals surface area contributed by atoms with Crippen LogP contribution in [-0.2, 0) is 4.74 Å². The van der Waals surface area contributed by atoms with Crippen LogP contribution in [0, 0.1) is 0 Å². The van der Waals surface area contributed by atoms with Crippen LogP contribution in [0.25, 0.3) is 0 Å². The van der Waals surface area contributed by atoms with Gasteiger partial charge in [0.1, 0.15) is 0 Å². The van der Waals surface area contributed by atoms with Crippen LogP contribution in [0.1, 0.15) is 27.6 Å². The van der Waals surface area contributed by atoms with Gasteiger partial charge in [-0.05, 0) is 19.1 Å². The Morgan fingerprint density at radius 2 is 1.67 bits per heavy atom. The largest absolute Gasteiger partial charge is 0.465 e. The molecule has 1 atom stereocenters. The number of ketones is 1. The van der Waals surface area contributed by atoms with Gasteiger partial charge >= 0.3 is 5.97 Å². The highest BCUT2D eigenvalue weighted by atomic mass is 35.5. The molecule has 80 valence electrons. The molecule has 1 unspecified atom stereocenters. The van der Waals surface area contributed by atoms with Crippen LogP contribution in [0.3, 0.4) is 0 Å². The van der Waals surface area contributed by atoms with Gasteiger partial charge in [0.25, 0.3) is 0 Å². The Morgan fingerprint density at radius 3 is 2.07 bits per heavy atom. The summed E-state index contributed by atoms with van der Waals surface area (Å²) >= 11 is 5.65. The summed E-state index contributed by atoms with van der Waals surface area (Å²) < 4.78 is 4.53. The molecule has 0 aliphatic carbocycles. The van der Waals surface area contributed by atoms with Crippen molar-refractivity contribution < 1.29 is 14.3 Å². The number of alkyl halides is 1. The van der Waals surface area contributed by atoms with Gasteiger partial charge in [-0.3, -0.25) is 4.79 Å². The van der Waals surface area contributed by atoms with E-state index in [0.29, 0.717) is 11.1 Å². The number of halogens is 1. The molecule has 3 nitrogen and oxygen atoms in total. The highest BCUT2D eigenvalue weighted by Gasteiger charge is 2.13. The van der Waals surface area contributed by atoms with Gasteiger partial charge in [-0.2, -0.15) is 0 Å². The topological polar surface area (TPSA) is 43.4 Å². The molecule has 0 fully saturated rings. The molecule has 1 aromatic carbocycles. The van der Waals surface area contributed by atoms with E-state index in [4.69, 9.17) is 11.6 Å². The zero-order valence-corrected chi connectivity index (χ0v) is 9.25. The fourth-order valence-electron chi connectivity index (χ4n) is 1.12. The number of Topliss-reactive ketones (excluding diaryl/α,β-unsaturated/α-hetero) is 1. The number of esters is 1. The minimum absolute atomic E-state index is 0.159. The standard InChI is InChI=1S/C11H11ClO3/c1-7(12)10(13)8-3-5-9(6-4-8)11(14)15-2/h3-7H,1-2H3. The summed E-state index contributed by atoms with van der Waals surface area (Å²) in [5.74, 6) is -0.582. The molecule has 0 saturated heterocycles. The van der Waals surface area contributed by atoms with E-state index in [1.54, 1.807) is 31.2 Å². The van der Waals surface area contributed by atoms with Crippen molar-refractivity contribution in [3.63, 3.8) is 0 Å². The van der Waals surface area contributed by atoms with Gasteiger partial charge in [0.05, 0.1) is 18.1 Å². The Bertz CT molecular complexity index is 368. The van der Waals surface area contributed by atoms with E-state index in [2.05, 4.69) is 4.74 Å². The second-order valence-corrected chi connectivity index (χ2v) is 3.70. The summed E-state index contributed by atoms with van der Waals surface area (Å²) in [6.45, 7) is 1.61. The van der Waals surface area contributed by atoms with Crippen molar-refractivity contribution >= 4 is 23.4 Å². The number of hydrogen-bond acceptors (Lipinski definition) is 3. The van der Waals surface area contributed by atoms with Gasteiger partial charge in [0, 0.05) is 5.56 Å². The van der Waals surface area contributed by atoms with Gasteiger partial charge in [-0.15, -0.1) is 11.6 Å². The number of hydrogen-bond donors (Lipinski definition) is 0.